The van der Waals surface area contributed by atoms with E-state index in [4.69, 9.17) is 0 Å². The summed E-state index contributed by atoms with van der Waals surface area (Å²) in [5, 5.41) is 10.4. The number of hydrogen-bond donors (Lipinski definition) is 1. The molecule has 0 fully saturated rings. The van der Waals surface area contributed by atoms with E-state index in [0.717, 1.165) is 5.56 Å². The van der Waals surface area contributed by atoms with Gasteiger partial charge in [0, 0.05) is 0 Å². The van der Waals surface area contributed by atoms with Gasteiger partial charge in [-0.1, -0.05) is 32.0 Å². The monoisotopic (exact) mass is 192 g/mol. The van der Waals surface area contributed by atoms with E-state index in [1.54, 1.807) is 0 Å². The lowest BCUT2D eigenvalue weighted by Crippen LogP contribution is -2.29. The van der Waals surface area contributed by atoms with Crippen LogP contribution in [0.4, 0.5) is 0 Å². The Morgan fingerprint density at radius 2 is 1.79 bits per heavy atom. The van der Waals surface area contributed by atoms with Crippen molar-refractivity contribution in [3.05, 3.63) is 34.9 Å². The molecule has 0 heterocycles. The normalized spacial score (nSPS) is 15.6. The van der Waals surface area contributed by atoms with Crippen LogP contribution in [-0.4, -0.2) is 5.11 Å². The van der Waals surface area contributed by atoms with Crippen LogP contribution in [0.2, 0.25) is 0 Å². The van der Waals surface area contributed by atoms with Crippen LogP contribution in [0.5, 0.6) is 0 Å². The van der Waals surface area contributed by atoms with Crippen molar-refractivity contribution < 1.29 is 5.11 Å². The molecule has 0 radical (unpaired) electrons. The summed E-state index contributed by atoms with van der Waals surface area (Å²) in [7, 11) is 0. The molecule has 0 bridgehead atoms. The second-order valence-electron chi connectivity index (χ2n) is 4.55. The van der Waals surface area contributed by atoms with E-state index in [0.29, 0.717) is 0 Å². The third-order valence-electron chi connectivity index (χ3n) is 3.27. The van der Waals surface area contributed by atoms with Crippen molar-refractivity contribution in [1.82, 2.24) is 0 Å². The van der Waals surface area contributed by atoms with Gasteiger partial charge in [0.25, 0.3) is 0 Å². The van der Waals surface area contributed by atoms with Gasteiger partial charge in [0.2, 0.25) is 0 Å². The van der Waals surface area contributed by atoms with Crippen LogP contribution in [0.15, 0.2) is 18.2 Å². The Balaban J connectivity index is 3.26. The molecule has 0 saturated carbocycles. The van der Waals surface area contributed by atoms with E-state index in [1.807, 2.05) is 32.9 Å². The zero-order valence-electron chi connectivity index (χ0n) is 9.76. The van der Waals surface area contributed by atoms with Crippen LogP contribution in [0.25, 0.3) is 0 Å². The second-order valence-corrected chi connectivity index (χ2v) is 4.55. The van der Waals surface area contributed by atoms with E-state index in [1.165, 1.54) is 11.1 Å². The summed E-state index contributed by atoms with van der Waals surface area (Å²) in [6.45, 7) is 10.1. The van der Waals surface area contributed by atoms with Crippen molar-refractivity contribution in [2.24, 2.45) is 5.92 Å². The Morgan fingerprint density at radius 1 is 1.21 bits per heavy atom. The first-order valence-electron chi connectivity index (χ1n) is 5.16. The van der Waals surface area contributed by atoms with Crippen molar-refractivity contribution in [2.45, 2.75) is 40.2 Å². The first-order valence-corrected chi connectivity index (χ1v) is 5.16. The summed E-state index contributed by atoms with van der Waals surface area (Å²) in [4.78, 5) is 0. The van der Waals surface area contributed by atoms with E-state index in [-0.39, 0.29) is 5.92 Å². The molecule has 1 unspecified atom stereocenters. The van der Waals surface area contributed by atoms with Gasteiger partial charge in [-0.25, -0.2) is 0 Å². The average Bonchev–Trinajstić information content (AvgIpc) is 2.09. The zero-order chi connectivity index (χ0) is 10.9. The molecule has 1 N–H and O–H groups in total. The van der Waals surface area contributed by atoms with Crippen LogP contribution >= 0.6 is 0 Å². The molecular weight excluding hydrogens is 172 g/mol. The lowest BCUT2D eigenvalue weighted by Gasteiger charge is -2.30. The van der Waals surface area contributed by atoms with Crippen molar-refractivity contribution >= 4 is 0 Å². The summed E-state index contributed by atoms with van der Waals surface area (Å²) in [6.07, 6.45) is 0. The molecule has 1 heteroatoms. The minimum Gasteiger partial charge on any atom is -0.385 e. The number of hydrogen-bond acceptors (Lipinski definition) is 1. The molecule has 0 aliphatic heterocycles. The first-order chi connectivity index (χ1) is 6.37. The van der Waals surface area contributed by atoms with Crippen LogP contribution in [0, 0.1) is 19.8 Å². The molecule has 0 aliphatic carbocycles. The number of rotatable bonds is 2. The molecule has 0 saturated heterocycles. The average molecular weight is 192 g/mol. The van der Waals surface area contributed by atoms with Crippen molar-refractivity contribution in [3.8, 4) is 0 Å². The Labute approximate surface area is 86.8 Å². The summed E-state index contributed by atoms with van der Waals surface area (Å²) in [6, 6.07) is 6.10. The number of aryl methyl sites for hydroxylation is 1. The van der Waals surface area contributed by atoms with E-state index >= 15 is 0 Å². The summed E-state index contributed by atoms with van der Waals surface area (Å²) in [5.41, 5.74) is 2.76. The lowest BCUT2D eigenvalue weighted by atomic mass is 9.82. The highest BCUT2D eigenvalue weighted by Crippen LogP contribution is 2.31. The third kappa shape index (κ3) is 1.83. The third-order valence-corrected chi connectivity index (χ3v) is 3.27. The molecule has 1 atom stereocenters. The smallest absolute Gasteiger partial charge is 0.0893 e. The Kier molecular flexibility index (Phi) is 3.01. The Bertz CT molecular complexity index is 324. The Hall–Kier alpha value is -0.820. The zero-order valence-corrected chi connectivity index (χ0v) is 9.76. The van der Waals surface area contributed by atoms with Gasteiger partial charge in [-0.05, 0) is 43.4 Å². The maximum absolute atomic E-state index is 10.4. The predicted octanol–water partition coefficient (Wildman–Crippen LogP) is 3.17. The Morgan fingerprint density at radius 3 is 2.29 bits per heavy atom. The van der Waals surface area contributed by atoms with Gasteiger partial charge >= 0.3 is 0 Å². The summed E-state index contributed by atoms with van der Waals surface area (Å²) < 4.78 is 0. The fourth-order valence-electron chi connectivity index (χ4n) is 1.61. The van der Waals surface area contributed by atoms with E-state index in [2.05, 4.69) is 19.9 Å². The van der Waals surface area contributed by atoms with Crippen LogP contribution < -0.4 is 0 Å². The number of aliphatic hydroxyl groups is 1. The summed E-state index contributed by atoms with van der Waals surface area (Å²) >= 11 is 0. The van der Waals surface area contributed by atoms with Crippen molar-refractivity contribution in [2.75, 3.05) is 0 Å². The quantitative estimate of drug-likeness (QED) is 0.763. The number of benzene rings is 1. The van der Waals surface area contributed by atoms with Gasteiger partial charge in [0.15, 0.2) is 0 Å². The molecule has 1 nitrogen and oxygen atoms in total. The lowest BCUT2D eigenvalue weighted by molar-refractivity contribution is 0.00842. The maximum Gasteiger partial charge on any atom is 0.0893 e. The molecule has 0 aromatic heterocycles. The standard InChI is InChI=1S/C13H20O/c1-9(2)13(5,14)12-8-6-7-10(3)11(12)4/h6-9,14H,1-5H3. The molecule has 0 spiro atoms. The maximum atomic E-state index is 10.4. The second kappa shape index (κ2) is 3.74. The molecule has 0 amide bonds. The molecule has 14 heavy (non-hydrogen) atoms. The molecule has 1 aromatic carbocycles. The van der Waals surface area contributed by atoms with Gasteiger partial charge in [0.05, 0.1) is 5.60 Å². The van der Waals surface area contributed by atoms with Crippen molar-refractivity contribution in [3.63, 3.8) is 0 Å². The van der Waals surface area contributed by atoms with Crippen LogP contribution in [0.1, 0.15) is 37.5 Å². The highest BCUT2D eigenvalue weighted by Gasteiger charge is 2.28. The molecule has 1 rings (SSSR count). The van der Waals surface area contributed by atoms with Gasteiger partial charge in [0.1, 0.15) is 0 Å². The largest absolute Gasteiger partial charge is 0.385 e. The van der Waals surface area contributed by atoms with Gasteiger partial charge in [-0.3, -0.25) is 0 Å². The SMILES string of the molecule is Cc1cccc(C(C)(O)C(C)C)c1C. The highest BCUT2D eigenvalue weighted by molar-refractivity contribution is 5.37. The van der Waals surface area contributed by atoms with Gasteiger partial charge < -0.3 is 5.11 Å². The minimum atomic E-state index is -0.726. The van der Waals surface area contributed by atoms with Gasteiger partial charge in [-0.15, -0.1) is 0 Å². The highest BCUT2D eigenvalue weighted by atomic mass is 16.3. The fraction of sp³-hybridized carbons (Fsp3) is 0.538. The van der Waals surface area contributed by atoms with Crippen LogP contribution in [-0.2, 0) is 5.60 Å². The molecule has 1 aromatic rings. The predicted molar refractivity (Wildman–Crippen MR) is 60.3 cm³/mol. The van der Waals surface area contributed by atoms with E-state index < -0.39 is 5.60 Å². The van der Waals surface area contributed by atoms with Crippen molar-refractivity contribution in [1.29, 1.82) is 0 Å². The fourth-order valence-corrected chi connectivity index (χ4v) is 1.61. The van der Waals surface area contributed by atoms with Crippen LogP contribution in [0.3, 0.4) is 0 Å². The first kappa shape index (κ1) is 11.3. The molecular formula is C13H20O. The summed E-state index contributed by atoms with van der Waals surface area (Å²) in [5.74, 6) is 0.225. The van der Waals surface area contributed by atoms with E-state index in [9.17, 15) is 5.11 Å². The van der Waals surface area contributed by atoms with Gasteiger partial charge in [-0.2, -0.15) is 0 Å². The molecule has 78 valence electrons. The minimum absolute atomic E-state index is 0.225. The topological polar surface area (TPSA) is 20.2 Å². The molecule has 0 aliphatic rings.